The van der Waals surface area contributed by atoms with Crippen molar-refractivity contribution >= 4 is 54.9 Å². The Morgan fingerprint density at radius 3 is 1.46 bits per heavy atom. The molecule has 0 saturated carbocycles. The van der Waals surface area contributed by atoms with E-state index in [9.17, 15) is 0 Å². The zero-order valence-corrected chi connectivity index (χ0v) is 28.5. The molecule has 0 radical (unpaired) electrons. The molecule has 10 rings (SSSR count). The maximum Gasteiger partial charge on any atom is 0.0318 e. The third-order valence-electron chi connectivity index (χ3n) is 10.8. The van der Waals surface area contributed by atoms with E-state index in [2.05, 4.69) is 182 Å². The van der Waals surface area contributed by atoms with Crippen LogP contribution < -0.4 is 0 Å². The highest BCUT2D eigenvalue weighted by Gasteiger charge is 2.43. The van der Waals surface area contributed by atoms with Crippen LogP contribution in [0.4, 0.5) is 0 Å². The van der Waals surface area contributed by atoms with Crippen molar-refractivity contribution in [3.8, 4) is 11.1 Å². The van der Waals surface area contributed by atoms with Gasteiger partial charge < -0.3 is 0 Å². The van der Waals surface area contributed by atoms with Gasteiger partial charge in [-0.15, -0.1) is 0 Å². The van der Waals surface area contributed by atoms with E-state index >= 15 is 0 Å². The quantitative estimate of drug-likeness (QED) is 0.166. The maximum absolute atomic E-state index is 2.39. The summed E-state index contributed by atoms with van der Waals surface area (Å²) in [5.74, 6) is 0. The second-order valence-corrected chi connectivity index (χ2v) is 14.8. The van der Waals surface area contributed by atoms with Crippen LogP contribution in [0, 0.1) is 0 Å². The van der Waals surface area contributed by atoms with Crippen molar-refractivity contribution in [3.05, 3.63) is 204 Å². The largest absolute Gasteiger partial charge is 0.0894 e. The van der Waals surface area contributed by atoms with Gasteiger partial charge in [0, 0.05) is 15.2 Å². The van der Waals surface area contributed by atoms with Gasteiger partial charge in [0.25, 0.3) is 0 Å². The average molecular weight is 655 g/mol. The minimum absolute atomic E-state index is 0.295. The topological polar surface area (TPSA) is 0 Å². The summed E-state index contributed by atoms with van der Waals surface area (Å²) in [6, 6.07) is 67.9. The average Bonchev–Trinajstić information content (AvgIpc) is 3.18. The van der Waals surface area contributed by atoms with Crippen LogP contribution in [-0.2, 0) is 18.3 Å². The predicted molar refractivity (Wildman–Crippen MR) is 214 cm³/mol. The monoisotopic (exact) mass is 654 g/mol. The minimum atomic E-state index is -0.295. The molecule has 1 aliphatic heterocycles. The van der Waals surface area contributed by atoms with Crippen LogP contribution in [0.3, 0.4) is 0 Å². The molecule has 0 fully saturated rings. The fourth-order valence-electron chi connectivity index (χ4n) is 8.71. The van der Waals surface area contributed by atoms with E-state index < -0.39 is 0 Å². The molecule has 0 spiro atoms. The molecule has 1 aliphatic rings. The molecule has 0 unspecified atom stereocenters. The lowest BCUT2D eigenvalue weighted by Gasteiger charge is -2.43. The number of rotatable bonds is 5. The van der Waals surface area contributed by atoms with Gasteiger partial charge in [-0.1, -0.05) is 176 Å². The number of benzene rings is 9. The highest BCUT2D eigenvalue weighted by atomic mass is 32.2. The Balaban J connectivity index is 1.21. The first-order valence-corrected chi connectivity index (χ1v) is 18.3. The fourth-order valence-corrected chi connectivity index (χ4v) is 10.0. The summed E-state index contributed by atoms with van der Waals surface area (Å²) < 4.78 is 0. The van der Waals surface area contributed by atoms with Crippen LogP contribution >= 0.6 is 11.8 Å². The Labute approximate surface area is 297 Å². The first-order valence-electron chi connectivity index (χ1n) is 17.5. The van der Waals surface area contributed by atoms with Crippen LogP contribution in [-0.4, -0.2) is 0 Å². The molecule has 0 bridgehead atoms. The van der Waals surface area contributed by atoms with Crippen molar-refractivity contribution in [2.45, 2.75) is 28.0 Å². The molecule has 1 heterocycles. The molecule has 236 valence electrons. The lowest BCUT2D eigenvalue weighted by molar-refractivity contribution is 0.494. The number of hydrogen-bond donors (Lipinski definition) is 0. The van der Waals surface area contributed by atoms with Crippen LogP contribution in [0.1, 0.15) is 22.3 Å². The van der Waals surface area contributed by atoms with E-state index in [-0.39, 0.29) is 5.41 Å². The third kappa shape index (κ3) is 4.69. The Bertz CT molecular complexity index is 2640. The molecule has 0 saturated heterocycles. The molecule has 9 aromatic carbocycles. The van der Waals surface area contributed by atoms with Crippen molar-refractivity contribution < 1.29 is 0 Å². The Kier molecular flexibility index (Phi) is 6.89. The fraction of sp³-hybridized carbons (Fsp3) is 0.0612. The van der Waals surface area contributed by atoms with Crippen LogP contribution in [0.25, 0.3) is 54.2 Å². The normalized spacial score (nSPS) is 13.4. The number of fused-ring (bicyclic) bond motifs is 9. The van der Waals surface area contributed by atoms with Crippen molar-refractivity contribution in [1.29, 1.82) is 0 Å². The van der Waals surface area contributed by atoms with Crippen LogP contribution in [0.5, 0.6) is 0 Å². The second-order valence-electron chi connectivity index (χ2n) is 13.7. The summed E-state index contributed by atoms with van der Waals surface area (Å²) in [6.07, 6.45) is 1.80. The first-order chi connectivity index (χ1) is 24.7. The summed E-state index contributed by atoms with van der Waals surface area (Å²) in [4.78, 5) is 2.73. The second kappa shape index (κ2) is 11.8. The van der Waals surface area contributed by atoms with Crippen LogP contribution in [0.15, 0.2) is 192 Å². The molecule has 0 aromatic heterocycles. The van der Waals surface area contributed by atoms with Crippen molar-refractivity contribution in [3.63, 3.8) is 0 Å². The van der Waals surface area contributed by atoms with E-state index in [4.69, 9.17) is 0 Å². The standard InChI is InChI=1S/C49H34S/c1-2-12-33(13-3-1)31-49(32-34-22-24-37(25-23-34)44-30-38-16-6-7-17-39(38)42-20-10-11-21-43(42)44)47-40-18-8-4-14-35(40)26-28-45(47)50-46-29-27-36-15-5-9-19-41(36)48(46)49/h1-30H,31-32H2. The molecule has 1 heteroatoms. The van der Waals surface area contributed by atoms with Crippen LogP contribution in [0.2, 0.25) is 0 Å². The molecular formula is C49H34S. The smallest absolute Gasteiger partial charge is 0.0318 e. The zero-order valence-electron chi connectivity index (χ0n) is 27.6. The Morgan fingerprint density at radius 2 is 0.840 bits per heavy atom. The molecule has 0 aliphatic carbocycles. The van der Waals surface area contributed by atoms with Crippen molar-refractivity contribution in [1.82, 2.24) is 0 Å². The van der Waals surface area contributed by atoms with E-state index in [1.165, 1.54) is 86.3 Å². The SMILES string of the molecule is c1ccc(CC2(Cc3ccc(-c4cc5ccccc5c5ccccc45)cc3)c3c(ccc4ccccc34)Sc3ccc4ccccc4c32)cc1. The van der Waals surface area contributed by atoms with Gasteiger partial charge in [-0.05, 0) is 108 Å². The van der Waals surface area contributed by atoms with E-state index in [1.54, 1.807) is 0 Å². The minimum Gasteiger partial charge on any atom is -0.0894 e. The van der Waals surface area contributed by atoms with Gasteiger partial charge in [0.05, 0.1) is 0 Å². The molecule has 50 heavy (non-hydrogen) atoms. The Morgan fingerprint density at radius 1 is 0.360 bits per heavy atom. The number of hydrogen-bond acceptors (Lipinski definition) is 1. The predicted octanol–water partition coefficient (Wildman–Crippen LogP) is 13.2. The molecule has 0 amide bonds. The molecule has 0 N–H and O–H groups in total. The van der Waals surface area contributed by atoms with Gasteiger partial charge in [-0.3, -0.25) is 0 Å². The summed E-state index contributed by atoms with van der Waals surface area (Å²) >= 11 is 1.94. The van der Waals surface area contributed by atoms with E-state index in [0.717, 1.165) is 12.8 Å². The molecular weight excluding hydrogens is 621 g/mol. The third-order valence-corrected chi connectivity index (χ3v) is 12.0. The van der Waals surface area contributed by atoms with Gasteiger partial charge in [0.15, 0.2) is 0 Å². The molecule has 0 atom stereocenters. The van der Waals surface area contributed by atoms with E-state index in [1.807, 2.05) is 11.8 Å². The maximum atomic E-state index is 2.39. The lowest BCUT2D eigenvalue weighted by atomic mass is 9.64. The highest BCUT2D eigenvalue weighted by Crippen LogP contribution is 2.56. The summed E-state index contributed by atoms with van der Waals surface area (Å²) in [5.41, 5.74) is 7.86. The van der Waals surface area contributed by atoms with Gasteiger partial charge >= 0.3 is 0 Å². The first kappa shape index (κ1) is 29.3. The summed E-state index contributed by atoms with van der Waals surface area (Å²) in [5, 5.41) is 10.5. The summed E-state index contributed by atoms with van der Waals surface area (Å²) in [7, 11) is 0. The van der Waals surface area contributed by atoms with Gasteiger partial charge in [0.2, 0.25) is 0 Å². The molecule has 0 nitrogen and oxygen atoms in total. The highest BCUT2D eigenvalue weighted by molar-refractivity contribution is 7.99. The Hall–Kier alpha value is -5.63. The van der Waals surface area contributed by atoms with Gasteiger partial charge in [-0.2, -0.15) is 0 Å². The lowest BCUT2D eigenvalue weighted by Crippen LogP contribution is -2.36. The van der Waals surface area contributed by atoms with Gasteiger partial charge in [-0.25, -0.2) is 0 Å². The van der Waals surface area contributed by atoms with E-state index in [0.29, 0.717) is 0 Å². The van der Waals surface area contributed by atoms with Gasteiger partial charge in [0.1, 0.15) is 0 Å². The molecule has 9 aromatic rings. The van der Waals surface area contributed by atoms with Crippen molar-refractivity contribution in [2.24, 2.45) is 0 Å². The summed E-state index contributed by atoms with van der Waals surface area (Å²) in [6.45, 7) is 0. The zero-order chi connectivity index (χ0) is 33.1. The van der Waals surface area contributed by atoms with Crippen molar-refractivity contribution in [2.75, 3.05) is 0 Å².